The molecule has 1 atom stereocenters. The van der Waals surface area contributed by atoms with Crippen LogP contribution in [0.25, 0.3) is 0 Å². The predicted molar refractivity (Wildman–Crippen MR) is 71.8 cm³/mol. The predicted octanol–water partition coefficient (Wildman–Crippen LogP) is 2.46. The number of furan rings is 1. The average Bonchev–Trinajstić information content (AvgIpc) is 2.80. The van der Waals surface area contributed by atoms with Crippen molar-refractivity contribution in [2.45, 2.75) is 30.5 Å². The average molecular weight is 391 g/mol. The Morgan fingerprint density at radius 2 is 2.14 bits per heavy atom. The maximum atomic E-state index is 12.8. The molecule has 0 spiro atoms. The van der Waals surface area contributed by atoms with Gasteiger partial charge in [0.1, 0.15) is 10.7 Å². The fraction of sp³-hybridized carbons (Fsp3) is 0.636. The van der Waals surface area contributed by atoms with Crippen molar-refractivity contribution in [3.63, 3.8) is 0 Å². The summed E-state index contributed by atoms with van der Waals surface area (Å²) in [6.07, 6.45) is -4.29. The summed E-state index contributed by atoms with van der Waals surface area (Å²) in [4.78, 5) is -0.189. The lowest BCUT2D eigenvalue weighted by molar-refractivity contribution is -0.182. The van der Waals surface area contributed by atoms with Gasteiger partial charge in [0, 0.05) is 19.2 Å². The fourth-order valence-corrected chi connectivity index (χ4v) is 4.73. The first-order valence-electron chi connectivity index (χ1n) is 6.21. The molecule has 0 saturated carbocycles. The lowest BCUT2D eigenvalue weighted by Crippen LogP contribution is -2.44. The quantitative estimate of drug-likeness (QED) is 0.859. The van der Waals surface area contributed by atoms with Crippen LogP contribution in [0.5, 0.6) is 0 Å². The molecule has 2 heterocycles. The summed E-state index contributed by atoms with van der Waals surface area (Å²) >= 11 is 2.96. The van der Waals surface area contributed by atoms with Gasteiger partial charge in [-0.2, -0.15) is 17.5 Å². The van der Waals surface area contributed by atoms with Crippen molar-refractivity contribution < 1.29 is 26.0 Å². The number of rotatable bonds is 3. The standard InChI is InChI=1S/C11H14BrF3N2O3S/c12-10-9(4-8(5-16)20-10)21(18,19)17-3-1-2-7(6-17)11(13,14)15/h4,7H,1-3,5-6,16H2. The monoisotopic (exact) mass is 390 g/mol. The minimum atomic E-state index is -4.40. The van der Waals surface area contributed by atoms with Gasteiger partial charge < -0.3 is 10.2 Å². The summed E-state index contributed by atoms with van der Waals surface area (Å²) in [5, 5.41) is 0. The largest absolute Gasteiger partial charge is 0.452 e. The van der Waals surface area contributed by atoms with Crippen LogP contribution in [-0.2, 0) is 16.6 Å². The molecule has 1 fully saturated rings. The first kappa shape index (κ1) is 16.8. The van der Waals surface area contributed by atoms with E-state index >= 15 is 0 Å². The number of alkyl halides is 3. The molecular weight excluding hydrogens is 377 g/mol. The topological polar surface area (TPSA) is 76.5 Å². The Morgan fingerprint density at radius 3 is 2.67 bits per heavy atom. The summed E-state index contributed by atoms with van der Waals surface area (Å²) in [6, 6.07) is 1.23. The number of sulfonamides is 1. The molecule has 0 radical (unpaired) electrons. The van der Waals surface area contributed by atoms with Crippen LogP contribution in [0.4, 0.5) is 13.2 Å². The molecule has 1 aromatic heterocycles. The molecule has 10 heteroatoms. The Labute approximate surface area is 128 Å². The highest BCUT2D eigenvalue weighted by atomic mass is 79.9. The molecule has 1 aromatic rings. The molecule has 5 nitrogen and oxygen atoms in total. The zero-order chi connectivity index (χ0) is 15.8. The second kappa shape index (κ2) is 5.90. The number of hydrogen-bond acceptors (Lipinski definition) is 4. The van der Waals surface area contributed by atoms with Crippen molar-refractivity contribution in [3.8, 4) is 0 Å². The molecular formula is C11H14BrF3N2O3S. The van der Waals surface area contributed by atoms with E-state index < -0.39 is 28.7 Å². The van der Waals surface area contributed by atoms with E-state index in [9.17, 15) is 21.6 Å². The van der Waals surface area contributed by atoms with Gasteiger partial charge in [-0.3, -0.25) is 0 Å². The molecule has 2 N–H and O–H groups in total. The second-order valence-corrected chi connectivity index (χ2v) is 7.43. The number of halogens is 4. The van der Waals surface area contributed by atoms with Crippen LogP contribution >= 0.6 is 15.9 Å². The van der Waals surface area contributed by atoms with Crippen molar-refractivity contribution in [1.82, 2.24) is 4.31 Å². The molecule has 1 aliphatic rings. The molecule has 0 bridgehead atoms. The Hall–Kier alpha value is -0.580. The summed E-state index contributed by atoms with van der Waals surface area (Å²) in [7, 11) is -4.04. The van der Waals surface area contributed by atoms with Crippen LogP contribution in [-0.4, -0.2) is 32.0 Å². The van der Waals surface area contributed by atoms with Crippen LogP contribution in [0.15, 0.2) is 20.0 Å². The van der Waals surface area contributed by atoms with E-state index in [1.165, 1.54) is 6.07 Å². The normalized spacial score (nSPS) is 21.7. The van der Waals surface area contributed by atoms with Crippen molar-refractivity contribution >= 4 is 26.0 Å². The van der Waals surface area contributed by atoms with Gasteiger partial charge in [0.25, 0.3) is 0 Å². The lowest BCUT2D eigenvalue weighted by atomic mass is 9.99. The highest BCUT2D eigenvalue weighted by Crippen LogP contribution is 2.36. The molecule has 1 aliphatic heterocycles. The molecule has 120 valence electrons. The van der Waals surface area contributed by atoms with Gasteiger partial charge in [-0.05, 0) is 28.8 Å². The summed E-state index contributed by atoms with van der Waals surface area (Å²) in [6.45, 7) is -0.509. The van der Waals surface area contributed by atoms with Gasteiger partial charge in [0.05, 0.1) is 12.5 Å². The second-order valence-electron chi connectivity index (χ2n) is 4.80. The fourth-order valence-electron chi connectivity index (χ4n) is 2.24. The van der Waals surface area contributed by atoms with Crippen LogP contribution in [0.2, 0.25) is 0 Å². The van der Waals surface area contributed by atoms with Gasteiger partial charge in [-0.25, -0.2) is 8.42 Å². The molecule has 1 saturated heterocycles. The van der Waals surface area contributed by atoms with Gasteiger partial charge in [-0.15, -0.1) is 0 Å². The maximum absolute atomic E-state index is 12.8. The van der Waals surface area contributed by atoms with Crippen molar-refractivity contribution in [2.75, 3.05) is 13.1 Å². The Kier molecular flexibility index (Phi) is 4.72. The van der Waals surface area contributed by atoms with Crippen molar-refractivity contribution in [3.05, 3.63) is 16.5 Å². The van der Waals surface area contributed by atoms with E-state index in [0.717, 1.165) is 4.31 Å². The van der Waals surface area contributed by atoms with Crippen LogP contribution in [0.1, 0.15) is 18.6 Å². The number of hydrogen-bond donors (Lipinski definition) is 1. The molecule has 21 heavy (non-hydrogen) atoms. The third-order valence-electron chi connectivity index (χ3n) is 3.37. The number of nitrogens with zero attached hydrogens (tertiary/aromatic N) is 1. The third-order valence-corrected chi connectivity index (χ3v) is 6.09. The zero-order valence-corrected chi connectivity index (χ0v) is 13.3. The molecule has 0 aromatic carbocycles. The van der Waals surface area contributed by atoms with Crippen molar-refractivity contribution in [2.24, 2.45) is 11.7 Å². The van der Waals surface area contributed by atoms with Gasteiger partial charge in [-0.1, -0.05) is 0 Å². The van der Waals surface area contributed by atoms with E-state index in [2.05, 4.69) is 15.9 Å². The Balaban J connectivity index is 2.28. The third kappa shape index (κ3) is 3.43. The summed E-state index contributed by atoms with van der Waals surface area (Å²) < 4.78 is 69.1. The Morgan fingerprint density at radius 1 is 1.48 bits per heavy atom. The lowest BCUT2D eigenvalue weighted by Gasteiger charge is -2.32. The molecule has 1 unspecified atom stereocenters. The van der Waals surface area contributed by atoms with E-state index in [1.54, 1.807) is 0 Å². The molecule has 0 amide bonds. The van der Waals surface area contributed by atoms with Crippen LogP contribution in [0.3, 0.4) is 0 Å². The van der Waals surface area contributed by atoms with Gasteiger partial charge >= 0.3 is 6.18 Å². The van der Waals surface area contributed by atoms with Gasteiger partial charge in [0.2, 0.25) is 10.0 Å². The zero-order valence-electron chi connectivity index (χ0n) is 10.9. The number of nitrogens with two attached hydrogens (primary N) is 1. The minimum absolute atomic E-state index is 0.000698. The van der Waals surface area contributed by atoms with Crippen LogP contribution < -0.4 is 5.73 Å². The van der Waals surface area contributed by atoms with E-state index in [1.807, 2.05) is 0 Å². The highest BCUT2D eigenvalue weighted by molar-refractivity contribution is 9.10. The Bertz CT molecular complexity index is 615. The summed E-state index contributed by atoms with van der Waals surface area (Å²) in [5.74, 6) is -1.40. The smallest absolute Gasteiger partial charge is 0.393 e. The van der Waals surface area contributed by atoms with Gasteiger partial charge in [0.15, 0.2) is 4.67 Å². The summed E-state index contributed by atoms with van der Waals surface area (Å²) in [5.41, 5.74) is 5.36. The maximum Gasteiger partial charge on any atom is 0.393 e. The first-order valence-corrected chi connectivity index (χ1v) is 8.44. The molecule has 2 rings (SSSR count). The van der Waals surface area contributed by atoms with E-state index in [4.69, 9.17) is 10.2 Å². The van der Waals surface area contributed by atoms with Crippen molar-refractivity contribution in [1.29, 1.82) is 0 Å². The van der Waals surface area contributed by atoms with E-state index in [0.29, 0.717) is 0 Å². The first-order chi connectivity index (χ1) is 9.66. The highest BCUT2D eigenvalue weighted by Gasteiger charge is 2.44. The number of piperidine rings is 1. The molecule has 0 aliphatic carbocycles. The van der Waals surface area contributed by atoms with E-state index in [-0.39, 0.29) is 41.3 Å². The minimum Gasteiger partial charge on any atom is -0.452 e. The van der Waals surface area contributed by atoms with Crippen LogP contribution in [0, 0.1) is 5.92 Å². The SMILES string of the molecule is NCc1cc(S(=O)(=O)N2CCCC(C(F)(F)F)C2)c(Br)o1.